The summed E-state index contributed by atoms with van der Waals surface area (Å²) in [5.41, 5.74) is 1.40. The summed E-state index contributed by atoms with van der Waals surface area (Å²) in [5, 5.41) is 9.44. The van der Waals surface area contributed by atoms with E-state index in [9.17, 15) is 14.7 Å². The molecule has 1 aliphatic rings. The number of carbonyl (C=O) groups excluding carboxylic acids is 2. The summed E-state index contributed by atoms with van der Waals surface area (Å²) in [4.78, 5) is 25.7. The van der Waals surface area contributed by atoms with Crippen molar-refractivity contribution in [2.24, 2.45) is 0 Å². The van der Waals surface area contributed by atoms with Gasteiger partial charge in [0.2, 0.25) is 0 Å². The minimum atomic E-state index is -0.387. The van der Waals surface area contributed by atoms with E-state index in [1.54, 1.807) is 31.4 Å². The minimum absolute atomic E-state index is 0.0267. The van der Waals surface area contributed by atoms with Gasteiger partial charge in [-0.3, -0.25) is 14.5 Å². The topological polar surface area (TPSA) is 66.8 Å². The number of hydrogen-bond donors (Lipinski definition) is 1. The summed E-state index contributed by atoms with van der Waals surface area (Å²) in [7, 11) is 1.58. The van der Waals surface area contributed by atoms with Gasteiger partial charge in [-0.25, -0.2) is 0 Å². The molecule has 1 heterocycles. The molecule has 0 saturated heterocycles. The molecule has 2 aromatic carbocycles. The van der Waals surface area contributed by atoms with Gasteiger partial charge < -0.3 is 9.84 Å². The highest BCUT2D eigenvalue weighted by atomic mass is 16.5. The van der Waals surface area contributed by atoms with Gasteiger partial charge in [0.15, 0.2) is 0 Å². The molecule has 1 aliphatic heterocycles. The van der Waals surface area contributed by atoms with Crippen LogP contribution < -0.4 is 4.74 Å². The van der Waals surface area contributed by atoms with Crippen LogP contribution in [0.4, 0.5) is 0 Å². The van der Waals surface area contributed by atoms with E-state index in [1.165, 1.54) is 23.1 Å². The number of fused-ring (bicyclic) bond motifs is 1. The molecule has 0 aliphatic carbocycles. The predicted molar refractivity (Wildman–Crippen MR) is 75.3 cm³/mol. The maximum absolute atomic E-state index is 12.3. The number of methoxy groups -OCH3 is 1. The molecule has 2 amide bonds. The number of phenols is 1. The van der Waals surface area contributed by atoms with Crippen LogP contribution in [-0.4, -0.2) is 28.9 Å². The molecule has 0 aromatic heterocycles. The minimum Gasteiger partial charge on any atom is -0.508 e. The Balaban J connectivity index is 1.87. The molecule has 5 nitrogen and oxygen atoms in total. The number of amides is 2. The van der Waals surface area contributed by atoms with Crippen LogP contribution in [0.25, 0.3) is 0 Å². The summed E-state index contributed by atoms with van der Waals surface area (Å²) in [5.74, 6) is -0.0419. The van der Waals surface area contributed by atoms with Crippen LogP contribution in [0.1, 0.15) is 26.3 Å². The Morgan fingerprint density at radius 2 is 1.67 bits per heavy atom. The molecular weight excluding hydrogens is 270 g/mol. The van der Waals surface area contributed by atoms with Crippen LogP contribution in [0.2, 0.25) is 0 Å². The van der Waals surface area contributed by atoms with E-state index in [1.807, 2.05) is 0 Å². The van der Waals surface area contributed by atoms with E-state index < -0.39 is 0 Å². The molecule has 5 heteroatoms. The van der Waals surface area contributed by atoms with Crippen LogP contribution in [-0.2, 0) is 6.54 Å². The zero-order chi connectivity index (χ0) is 15.0. The van der Waals surface area contributed by atoms with Crippen LogP contribution in [0.3, 0.4) is 0 Å². The number of phenolic OH excluding ortho intramolecular Hbond substituents is 1. The first-order valence-corrected chi connectivity index (χ1v) is 6.42. The summed E-state index contributed by atoms with van der Waals surface area (Å²) < 4.78 is 5.07. The zero-order valence-corrected chi connectivity index (χ0v) is 11.4. The van der Waals surface area contributed by atoms with Gasteiger partial charge in [0.25, 0.3) is 11.8 Å². The Morgan fingerprint density at radius 1 is 1.00 bits per heavy atom. The molecule has 0 bridgehead atoms. The third-order valence-electron chi connectivity index (χ3n) is 3.45. The number of benzene rings is 2. The lowest BCUT2D eigenvalue weighted by Crippen LogP contribution is -2.29. The molecule has 0 radical (unpaired) electrons. The van der Waals surface area contributed by atoms with Crippen LogP contribution in [0, 0.1) is 0 Å². The first-order valence-electron chi connectivity index (χ1n) is 6.42. The fourth-order valence-electron chi connectivity index (χ4n) is 2.34. The third kappa shape index (κ3) is 2.23. The summed E-state index contributed by atoms with van der Waals surface area (Å²) >= 11 is 0. The van der Waals surface area contributed by atoms with Gasteiger partial charge in [-0.1, -0.05) is 12.1 Å². The molecule has 21 heavy (non-hydrogen) atoms. The number of hydrogen-bond acceptors (Lipinski definition) is 4. The van der Waals surface area contributed by atoms with E-state index in [4.69, 9.17) is 4.74 Å². The number of carbonyl (C=O) groups is 2. The Hall–Kier alpha value is -2.82. The van der Waals surface area contributed by atoms with E-state index >= 15 is 0 Å². The van der Waals surface area contributed by atoms with Crippen molar-refractivity contribution >= 4 is 11.8 Å². The Morgan fingerprint density at radius 3 is 2.33 bits per heavy atom. The maximum atomic E-state index is 12.3. The van der Waals surface area contributed by atoms with Gasteiger partial charge in [0.1, 0.15) is 11.5 Å². The molecule has 0 saturated carbocycles. The van der Waals surface area contributed by atoms with Gasteiger partial charge in [-0.2, -0.15) is 0 Å². The molecule has 106 valence electrons. The van der Waals surface area contributed by atoms with Crippen LogP contribution in [0.15, 0.2) is 42.5 Å². The molecule has 0 atom stereocenters. The monoisotopic (exact) mass is 283 g/mol. The van der Waals surface area contributed by atoms with Gasteiger partial charge in [-0.05, 0) is 35.9 Å². The van der Waals surface area contributed by atoms with Crippen molar-refractivity contribution in [3.63, 3.8) is 0 Å². The largest absolute Gasteiger partial charge is 0.508 e. The lowest BCUT2D eigenvalue weighted by molar-refractivity contribution is 0.0642. The van der Waals surface area contributed by atoms with Crippen molar-refractivity contribution in [2.75, 3.05) is 7.11 Å². The van der Waals surface area contributed by atoms with Gasteiger partial charge in [-0.15, -0.1) is 0 Å². The lowest BCUT2D eigenvalue weighted by Gasteiger charge is -2.14. The van der Waals surface area contributed by atoms with E-state index in [2.05, 4.69) is 0 Å². The second-order valence-corrected chi connectivity index (χ2v) is 4.77. The highest BCUT2D eigenvalue weighted by Gasteiger charge is 2.35. The summed E-state index contributed by atoms with van der Waals surface area (Å²) in [6, 6.07) is 11.4. The predicted octanol–water partition coefficient (Wildman–Crippen LogP) is 2.20. The average Bonchev–Trinajstić information content (AvgIpc) is 2.73. The molecule has 1 N–H and O–H groups in total. The third-order valence-corrected chi connectivity index (χ3v) is 3.45. The summed E-state index contributed by atoms with van der Waals surface area (Å²) in [6.45, 7) is 0.192. The number of aromatic hydroxyl groups is 1. The second kappa shape index (κ2) is 4.94. The molecule has 0 fully saturated rings. The number of rotatable bonds is 3. The van der Waals surface area contributed by atoms with Gasteiger partial charge in [0.05, 0.1) is 24.8 Å². The molecule has 2 aromatic rings. The van der Waals surface area contributed by atoms with Crippen molar-refractivity contribution in [3.8, 4) is 11.5 Å². The standard InChI is InChI=1S/C16H13NO4/c1-21-12-5-2-10(3-6-12)9-17-15(19)13-7-4-11(18)8-14(13)16(17)20/h2-8,18H,9H2,1H3. The average molecular weight is 283 g/mol. The number of ether oxygens (including phenoxy) is 1. The molecule has 0 unspecified atom stereocenters. The SMILES string of the molecule is COc1ccc(CN2C(=O)c3ccc(O)cc3C2=O)cc1. The highest BCUT2D eigenvalue weighted by Crippen LogP contribution is 2.27. The van der Waals surface area contributed by atoms with E-state index in [-0.39, 0.29) is 29.7 Å². The quantitative estimate of drug-likeness (QED) is 0.877. The highest BCUT2D eigenvalue weighted by molar-refractivity contribution is 6.21. The van der Waals surface area contributed by atoms with Crippen molar-refractivity contribution in [1.29, 1.82) is 0 Å². The molecule has 0 spiro atoms. The van der Waals surface area contributed by atoms with Gasteiger partial charge >= 0.3 is 0 Å². The summed E-state index contributed by atoms with van der Waals surface area (Å²) in [6.07, 6.45) is 0. The van der Waals surface area contributed by atoms with E-state index in [0.717, 1.165) is 5.56 Å². The fourth-order valence-corrected chi connectivity index (χ4v) is 2.34. The first-order chi connectivity index (χ1) is 10.1. The van der Waals surface area contributed by atoms with E-state index in [0.29, 0.717) is 11.3 Å². The Bertz CT molecular complexity index is 722. The Labute approximate surface area is 121 Å². The Kier molecular flexibility index (Phi) is 3.10. The fraction of sp³-hybridized carbons (Fsp3) is 0.125. The number of imide groups is 1. The smallest absolute Gasteiger partial charge is 0.262 e. The number of nitrogens with zero attached hydrogens (tertiary/aromatic N) is 1. The maximum Gasteiger partial charge on any atom is 0.262 e. The van der Waals surface area contributed by atoms with Crippen molar-refractivity contribution in [2.45, 2.75) is 6.54 Å². The van der Waals surface area contributed by atoms with Crippen molar-refractivity contribution in [3.05, 3.63) is 59.2 Å². The van der Waals surface area contributed by atoms with Crippen LogP contribution >= 0.6 is 0 Å². The first kappa shape index (κ1) is 13.2. The normalized spacial score (nSPS) is 13.5. The molecular formula is C16H13NO4. The van der Waals surface area contributed by atoms with Crippen molar-refractivity contribution < 1.29 is 19.4 Å². The second-order valence-electron chi connectivity index (χ2n) is 4.77. The van der Waals surface area contributed by atoms with Gasteiger partial charge in [0, 0.05) is 0 Å². The van der Waals surface area contributed by atoms with Crippen molar-refractivity contribution in [1.82, 2.24) is 4.90 Å². The molecule has 3 rings (SSSR count). The zero-order valence-electron chi connectivity index (χ0n) is 11.4. The lowest BCUT2D eigenvalue weighted by atomic mass is 10.1. The van der Waals surface area contributed by atoms with Crippen LogP contribution in [0.5, 0.6) is 11.5 Å².